The van der Waals surface area contributed by atoms with E-state index in [9.17, 15) is 71.1 Å². The number of allylic oxidation sites excluding steroid dienone is 4. The summed E-state index contributed by atoms with van der Waals surface area (Å²) >= 11 is 0. The molecule has 0 fully saturated rings. The molecule has 59 heavy (non-hydrogen) atoms. The van der Waals surface area contributed by atoms with Crippen molar-refractivity contribution in [3.63, 3.8) is 0 Å². The van der Waals surface area contributed by atoms with Crippen LogP contribution >= 0.6 is 0 Å². The van der Waals surface area contributed by atoms with Gasteiger partial charge in [-0.2, -0.15) is 10.1 Å². The minimum atomic E-state index is -5.44. The number of hydrogen-bond donors (Lipinski definition) is 1. The molecule has 22 nitrogen and oxygen atoms in total. The van der Waals surface area contributed by atoms with Gasteiger partial charge in [0.25, 0.3) is 11.5 Å². The van der Waals surface area contributed by atoms with E-state index >= 15 is 0 Å². The fourth-order valence-corrected chi connectivity index (χ4v) is 6.91. The molecule has 0 atom stereocenters. The summed E-state index contributed by atoms with van der Waals surface area (Å²) in [7, 11) is -21.4. The topological polar surface area (TPSA) is 352 Å². The largest absolute Gasteiger partial charge is 1.00 e. The summed E-state index contributed by atoms with van der Waals surface area (Å²) in [5, 5.41) is 6.10. The van der Waals surface area contributed by atoms with Crippen molar-refractivity contribution in [3.05, 3.63) is 87.9 Å². The van der Waals surface area contributed by atoms with Crippen LogP contribution in [0, 0.1) is 0 Å². The summed E-state index contributed by atoms with van der Waals surface area (Å²) < 4.78 is 151. The predicted molar refractivity (Wildman–Crippen MR) is 178 cm³/mol. The first-order valence-corrected chi connectivity index (χ1v) is 20.3. The van der Waals surface area contributed by atoms with Crippen molar-refractivity contribution in [1.82, 2.24) is 9.78 Å². The second-order valence-electron chi connectivity index (χ2n) is 10.4. The Kier molecular flexibility index (Phi) is 24.8. The van der Waals surface area contributed by atoms with Gasteiger partial charge in [-0.3, -0.25) is 14.7 Å². The van der Waals surface area contributed by atoms with Crippen molar-refractivity contribution in [2.45, 2.75) is 33.4 Å². The molecule has 1 amide bonds. The van der Waals surface area contributed by atoms with Gasteiger partial charge >= 0.3 is 217 Å². The van der Waals surface area contributed by atoms with E-state index in [0.29, 0.717) is 41.1 Å². The number of esters is 2. The Bertz CT molecular complexity index is 2780. The Morgan fingerprint density at radius 2 is 1.17 bits per heavy atom. The molecule has 1 aromatic heterocycles. The Balaban J connectivity index is 0.00000841. The van der Waals surface area contributed by atoms with Crippen LogP contribution in [0.5, 0.6) is 0 Å². The third-order valence-corrected chi connectivity index (χ3v) is 10.4. The fraction of sp³-hybridized carbons (Fsp3) is 0.138. The number of hydrogen-bond acceptors (Lipinski definition) is 19. The number of nitrogens with zero attached hydrogens (tertiary/aromatic N) is 3. The third-order valence-electron chi connectivity index (χ3n) is 6.95. The van der Waals surface area contributed by atoms with Crippen LogP contribution in [0.25, 0.3) is 11.8 Å². The monoisotopic (exact) mass is 998 g/mol. The van der Waals surface area contributed by atoms with Crippen molar-refractivity contribution in [1.29, 1.82) is 0 Å². The fourth-order valence-electron chi connectivity index (χ4n) is 4.65. The molecule has 1 N–H and O–H groups in total. The van der Waals surface area contributed by atoms with Crippen LogP contribution in [-0.4, -0.2) is 98.4 Å². The van der Waals surface area contributed by atoms with Gasteiger partial charge in [0.15, 0.2) is 11.4 Å². The summed E-state index contributed by atoms with van der Waals surface area (Å²) in [5.41, 5.74) is -5.81. The van der Waals surface area contributed by atoms with E-state index in [1.165, 1.54) is 13.8 Å². The number of carbonyl (C=O) groups excluding carboxylic acids is 3. The van der Waals surface area contributed by atoms with Gasteiger partial charge in [-0.05, 0) is 62.4 Å². The molecule has 0 unspecified atom stereocenters. The van der Waals surface area contributed by atoms with Crippen LogP contribution < -0.4 is 216 Å². The van der Waals surface area contributed by atoms with Crippen LogP contribution in [0.1, 0.15) is 29.9 Å². The molecule has 4 rings (SSSR count). The Labute approximate surface area is 506 Å². The molecule has 30 heteroatoms. The standard InChI is InChI=1S/C29H26N4O18S4.4K/c1-3-50-28(36)24-18(26(34)32(30-24)20-14-16(52(38,39)40)10-12-22(20)54(44,45)46)8-6-5-7-9-19-25(29(37)51-4-2)31-33(27(19)35)21-15-17(53(41,42)43)11-13-23(21)55(47,48)49;;;;/h5-15,30H,3-4H2,1-2H3,(H,38,39,40)(H,41,42,43)(H,44,45,46)(H,47,48,49);;;;/q;4*+1/p-4/b7-5+,8-6+,19-9-;;;;. The number of amides is 1. The third kappa shape index (κ3) is 15.0. The van der Waals surface area contributed by atoms with Gasteiger partial charge in [0.2, 0.25) is 0 Å². The minimum absolute atomic E-state index is 0. The quantitative estimate of drug-likeness (QED) is 0.0546. The zero-order valence-corrected chi connectivity index (χ0v) is 47.3. The average molecular weight is 999 g/mol. The van der Waals surface area contributed by atoms with Gasteiger partial charge in [-0.25, -0.2) is 47.9 Å². The Hall–Kier alpha value is 0.935. The SMILES string of the molecule is CCOC(=O)C1=NN(c2cc(S(=O)(=O)[O-])ccc2S(=O)(=O)[O-])C(=O)\C1=C/C=C/C=C/c1c(C(=O)OCC)[nH]n(-c2cc(S(=O)(=O)[O-])ccc2S(=O)(=O)[O-])c1=O.[K+].[K+].[K+].[K+]. The van der Waals surface area contributed by atoms with E-state index in [-0.39, 0.29) is 224 Å². The molecule has 294 valence electrons. The second kappa shape index (κ2) is 24.5. The minimum Gasteiger partial charge on any atom is -0.744 e. The maximum atomic E-state index is 13.5. The zero-order valence-electron chi connectivity index (χ0n) is 31.6. The summed E-state index contributed by atoms with van der Waals surface area (Å²) in [6.45, 7) is 2.29. The number of H-pyrrole nitrogens is 1. The second-order valence-corrected chi connectivity index (χ2v) is 15.9. The molecule has 1 aliphatic rings. The summed E-state index contributed by atoms with van der Waals surface area (Å²) in [5.74, 6) is -3.75. The molecule has 0 aliphatic carbocycles. The van der Waals surface area contributed by atoms with Crippen molar-refractivity contribution in [3.8, 4) is 5.69 Å². The van der Waals surface area contributed by atoms with E-state index in [1.807, 2.05) is 0 Å². The normalized spacial score (nSPS) is 13.9. The first kappa shape index (κ1) is 59.9. The van der Waals surface area contributed by atoms with Crippen molar-refractivity contribution in [2.24, 2.45) is 5.10 Å². The summed E-state index contributed by atoms with van der Waals surface area (Å²) in [6.07, 6.45) is 4.99. The van der Waals surface area contributed by atoms with Crippen LogP contribution in [0.2, 0.25) is 0 Å². The average Bonchev–Trinajstić information content (AvgIpc) is 3.58. The van der Waals surface area contributed by atoms with Crippen LogP contribution in [0.15, 0.2) is 95.8 Å². The molecule has 2 aromatic carbocycles. The van der Waals surface area contributed by atoms with Gasteiger partial charge in [0.1, 0.15) is 40.5 Å². The number of ether oxygens (including phenoxy) is 2. The number of anilines is 1. The maximum Gasteiger partial charge on any atom is 1.00 e. The number of nitrogens with one attached hydrogen (secondary N) is 1. The molecule has 0 spiro atoms. The van der Waals surface area contributed by atoms with Gasteiger partial charge in [-0.1, -0.05) is 18.2 Å². The number of aromatic amines is 1. The van der Waals surface area contributed by atoms with Crippen LogP contribution in [-0.2, 0) is 59.5 Å². The predicted octanol–water partition coefficient (Wildman–Crippen LogP) is -12.6. The molecule has 0 saturated carbocycles. The maximum absolute atomic E-state index is 13.5. The van der Waals surface area contributed by atoms with Gasteiger partial charge in [0, 0.05) is 0 Å². The zero-order chi connectivity index (χ0) is 41.3. The number of hydrazone groups is 1. The molecule has 3 aromatic rings. The number of carbonyl (C=O) groups is 3. The molecule has 0 saturated heterocycles. The number of rotatable bonds is 13. The first-order valence-electron chi connectivity index (χ1n) is 14.7. The summed E-state index contributed by atoms with van der Waals surface area (Å²) in [6, 6.07) is 2.73. The van der Waals surface area contributed by atoms with Crippen molar-refractivity contribution < 1.29 is 281 Å². The molecular weight excluding hydrogens is 977 g/mol. The van der Waals surface area contributed by atoms with E-state index < -0.39 is 117 Å². The Morgan fingerprint density at radius 1 is 0.695 bits per heavy atom. The number of aromatic nitrogens is 2. The molecule has 2 heterocycles. The van der Waals surface area contributed by atoms with Crippen molar-refractivity contribution in [2.75, 3.05) is 18.2 Å². The van der Waals surface area contributed by atoms with Crippen LogP contribution in [0.3, 0.4) is 0 Å². The number of benzene rings is 2. The van der Waals surface area contributed by atoms with Gasteiger partial charge < -0.3 is 27.7 Å². The smallest absolute Gasteiger partial charge is 0.744 e. The molecule has 0 radical (unpaired) electrons. The van der Waals surface area contributed by atoms with E-state index in [1.54, 1.807) is 0 Å². The first-order chi connectivity index (χ1) is 25.4. The van der Waals surface area contributed by atoms with E-state index in [0.717, 1.165) is 30.4 Å². The Morgan fingerprint density at radius 3 is 1.64 bits per heavy atom. The van der Waals surface area contributed by atoms with Gasteiger partial charge in [-0.15, -0.1) is 0 Å². The summed E-state index contributed by atoms with van der Waals surface area (Å²) in [4.78, 5) is 47.9. The van der Waals surface area contributed by atoms with Crippen LogP contribution in [0.4, 0.5) is 5.69 Å². The van der Waals surface area contributed by atoms with E-state index in [4.69, 9.17) is 9.47 Å². The molecular formula is C29H22K4N4O18S4. The molecule has 0 bridgehead atoms. The van der Waals surface area contributed by atoms with Crippen molar-refractivity contribution >= 4 is 75.8 Å². The van der Waals surface area contributed by atoms with E-state index in [2.05, 4.69) is 10.2 Å². The van der Waals surface area contributed by atoms with Gasteiger partial charge in [0.05, 0.1) is 55.3 Å². The molecule has 1 aliphatic heterocycles.